The Bertz CT molecular complexity index is 733. The van der Waals surface area contributed by atoms with Crippen molar-refractivity contribution in [3.05, 3.63) is 53.3 Å². The third-order valence-corrected chi connectivity index (χ3v) is 4.38. The first kappa shape index (κ1) is 14.7. The fourth-order valence-corrected chi connectivity index (χ4v) is 3.04. The molecule has 0 aliphatic heterocycles. The van der Waals surface area contributed by atoms with Crippen LogP contribution in [0.2, 0.25) is 0 Å². The molecule has 0 unspecified atom stereocenters. The number of anilines is 1. The lowest BCUT2D eigenvalue weighted by atomic mass is 10.1. The van der Waals surface area contributed by atoms with E-state index in [-0.39, 0.29) is 6.61 Å². The van der Waals surface area contributed by atoms with Crippen molar-refractivity contribution in [2.45, 2.75) is 20.0 Å². The Hall–Kier alpha value is -2.18. The number of nitrogens with one attached hydrogen (secondary N) is 1. The molecule has 3 rings (SSSR count). The third-order valence-electron chi connectivity index (χ3n) is 3.41. The maximum absolute atomic E-state index is 8.88. The molecule has 2 N–H and O–H groups in total. The fraction of sp³-hybridized carbons (Fsp3) is 0.250. The summed E-state index contributed by atoms with van der Waals surface area (Å²) in [6.07, 6.45) is 1.86. The zero-order valence-electron chi connectivity index (χ0n) is 12.4. The zero-order chi connectivity index (χ0) is 15.4. The molecule has 0 spiro atoms. The van der Waals surface area contributed by atoms with Gasteiger partial charge in [0, 0.05) is 18.8 Å². The average molecular weight is 314 g/mol. The summed E-state index contributed by atoms with van der Waals surface area (Å²) in [7, 11) is 0. The number of aliphatic hydroxyl groups excluding tert-OH is 1. The normalized spacial score (nSPS) is 10.8. The largest absolute Gasteiger partial charge is 0.394 e. The van der Waals surface area contributed by atoms with E-state index in [1.54, 1.807) is 16.0 Å². The van der Waals surface area contributed by atoms with Gasteiger partial charge in [-0.05, 0) is 18.1 Å². The lowest BCUT2D eigenvalue weighted by Gasteiger charge is -2.05. The fourth-order valence-electron chi connectivity index (χ4n) is 2.23. The highest BCUT2D eigenvalue weighted by molar-refractivity contribution is 7.13. The molecule has 0 bridgehead atoms. The molecule has 0 saturated heterocycles. The van der Waals surface area contributed by atoms with Crippen LogP contribution in [0.3, 0.4) is 0 Å². The van der Waals surface area contributed by atoms with Gasteiger partial charge in [-0.1, -0.05) is 24.3 Å². The summed E-state index contributed by atoms with van der Waals surface area (Å²) in [6.45, 7) is 3.37. The van der Waals surface area contributed by atoms with Crippen LogP contribution >= 0.6 is 11.3 Å². The minimum atomic E-state index is 0.0968. The number of rotatable bonds is 6. The Kier molecular flexibility index (Phi) is 4.50. The predicted octanol–water partition coefficient (Wildman–Crippen LogP) is 2.92. The maximum Gasteiger partial charge on any atom is 0.148 e. The van der Waals surface area contributed by atoms with E-state index in [0.29, 0.717) is 6.54 Å². The van der Waals surface area contributed by atoms with Gasteiger partial charge in [-0.2, -0.15) is 5.10 Å². The molecule has 0 aliphatic carbocycles. The minimum absolute atomic E-state index is 0.0968. The Morgan fingerprint density at radius 2 is 2.05 bits per heavy atom. The van der Waals surface area contributed by atoms with Gasteiger partial charge in [-0.15, -0.1) is 11.3 Å². The molecule has 22 heavy (non-hydrogen) atoms. The van der Waals surface area contributed by atoms with E-state index < -0.39 is 0 Å². The number of hydrogen-bond donors (Lipinski definition) is 2. The lowest BCUT2D eigenvalue weighted by molar-refractivity contribution is 0.269. The van der Waals surface area contributed by atoms with E-state index in [1.807, 2.05) is 24.7 Å². The van der Waals surface area contributed by atoms with Crippen LogP contribution in [-0.2, 0) is 13.1 Å². The van der Waals surface area contributed by atoms with Crippen LogP contribution in [0.5, 0.6) is 0 Å². The summed E-state index contributed by atoms with van der Waals surface area (Å²) in [5.74, 6) is 0.816. The van der Waals surface area contributed by atoms with Gasteiger partial charge in [0.25, 0.3) is 0 Å². The molecular formula is C16H18N4OS. The summed E-state index contributed by atoms with van der Waals surface area (Å²) >= 11 is 1.67. The predicted molar refractivity (Wildman–Crippen MR) is 88.9 cm³/mol. The Labute approximate surface area is 133 Å². The van der Waals surface area contributed by atoms with E-state index in [9.17, 15) is 0 Å². The van der Waals surface area contributed by atoms with E-state index in [1.165, 1.54) is 16.0 Å². The summed E-state index contributed by atoms with van der Waals surface area (Å²) in [6, 6.07) is 10.4. The zero-order valence-corrected chi connectivity index (χ0v) is 13.2. The Balaban J connectivity index is 1.62. The molecule has 0 atom stereocenters. The van der Waals surface area contributed by atoms with E-state index >= 15 is 0 Å². The second-order valence-electron chi connectivity index (χ2n) is 5.01. The number of thiazole rings is 1. The van der Waals surface area contributed by atoms with Crippen LogP contribution in [0.4, 0.5) is 5.82 Å². The number of aromatic nitrogens is 3. The standard InChI is InChI=1S/C16H18N4OS/c1-12-16(22-11-18-12)14-4-2-13(3-5-14)10-17-15-6-7-20(19-15)8-9-21/h2-7,11,21H,8-10H2,1H3,(H,17,19). The Morgan fingerprint density at radius 3 is 2.73 bits per heavy atom. The number of aliphatic hydroxyl groups is 1. The van der Waals surface area contributed by atoms with Gasteiger partial charge in [0.1, 0.15) is 5.82 Å². The Morgan fingerprint density at radius 1 is 1.23 bits per heavy atom. The van der Waals surface area contributed by atoms with Gasteiger partial charge in [-0.3, -0.25) is 4.68 Å². The molecule has 2 heterocycles. The van der Waals surface area contributed by atoms with E-state index in [0.717, 1.165) is 18.1 Å². The van der Waals surface area contributed by atoms with E-state index in [4.69, 9.17) is 5.11 Å². The highest BCUT2D eigenvalue weighted by Gasteiger charge is 2.04. The summed E-state index contributed by atoms with van der Waals surface area (Å²) in [5, 5.41) is 16.5. The van der Waals surface area contributed by atoms with Gasteiger partial charge in [0.05, 0.1) is 29.2 Å². The molecule has 0 saturated carbocycles. The van der Waals surface area contributed by atoms with Crippen LogP contribution in [0.1, 0.15) is 11.3 Å². The van der Waals surface area contributed by atoms with Crippen LogP contribution in [0.25, 0.3) is 10.4 Å². The second-order valence-corrected chi connectivity index (χ2v) is 5.86. The first-order valence-corrected chi connectivity index (χ1v) is 8.02. The first-order chi connectivity index (χ1) is 10.8. The first-order valence-electron chi connectivity index (χ1n) is 7.14. The van der Waals surface area contributed by atoms with Crippen molar-refractivity contribution >= 4 is 17.2 Å². The molecule has 0 amide bonds. The van der Waals surface area contributed by atoms with Crippen molar-refractivity contribution in [3.63, 3.8) is 0 Å². The van der Waals surface area contributed by atoms with Crippen LogP contribution in [0, 0.1) is 6.92 Å². The van der Waals surface area contributed by atoms with Gasteiger partial charge in [-0.25, -0.2) is 4.98 Å². The monoisotopic (exact) mass is 314 g/mol. The molecule has 6 heteroatoms. The van der Waals surface area contributed by atoms with Gasteiger partial charge in [0.15, 0.2) is 0 Å². The number of benzene rings is 1. The van der Waals surface area contributed by atoms with Crippen LogP contribution in [-0.4, -0.2) is 26.5 Å². The molecule has 1 aromatic carbocycles. The van der Waals surface area contributed by atoms with Gasteiger partial charge in [0.2, 0.25) is 0 Å². The molecule has 0 radical (unpaired) electrons. The van der Waals surface area contributed by atoms with Crippen molar-refractivity contribution in [1.29, 1.82) is 0 Å². The molecule has 5 nitrogen and oxygen atoms in total. The van der Waals surface area contributed by atoms with Crippen molar-refractivity contribution in [2.75, 3.05) is 11.9 Å². The molecule has 2 aromatic heterocycles. The van der Waals surface area contributed by atoms with Crippen molar-refractivity contribution in [3.8, 4) is 10.4 Å². The highest BCUT2D eigenvalue weighted by atomic mass is 32.1. The quantitative estimate of drug-likeness (QED) is 0.734. The second kappa shape index (κ2) is 6.72. The van der Waals surface area contributed by atoms with Crippen molar-refractivity contribution in [2.24, 2.45) is 0 Å². The lowest BCUT2D eigenvalue weighted by Crippen LogP contribution is -2.04. The SMILES string of the molecule is Cc1ncsc1-c1ccc(CNc2ccn(CCO)n2)cc1. The topological polar surface area (TPSA) is 63.0 Å². The molecule has 3 aromatic rings. The van der Waals surface area contributed by atoms with Crippen LogP contribution in [0.15, 0.2) is 42.0 Å². The van der Waals surface area contributed by atoms with Gasteiger partial charge >= 0.3 is 0 Å². The maximum atomic E-state index is 8.88. The van der Waals surface area contributed by atoms with E-state index in [2.05, 4.69) is 39.7 Å². The summed E-state index contributed by atoms with van der Waals surface area (Å²) in [4.78, 5) is 5.51. The van der Waals surface area contributed by atoms with Gasteiger partial charge < -0.3 is 10.4 Å². The highest BCUT2D eigenvalue weighted by Crippen LogP contribution is 2.27. The number of aryl methyl sites for hydroxylation is 1. The third kappa shape index (κ3) is 3.35. The average Bonchev–Trinajstić information content (AvgIpc) is 3.15. The molecule has 0 fully saturated rings. The number of hydrogen-bond acceptors (Lipinski definition) is 5. The molecule has 0 aliphatic rings. The molecule has 114 valence electrons. The molecular weight excluding hydrogens is 296 g/mol. The van der Waals surface area contributed by atoms with Crippen molar-refractivity contribution in [1.82, 2.24) is 14.8 Å². The van der Waals surface area contributed by atoms with Crippen LogP contribution < -0.4 is 5.32 Å². The van der Waals surface area contributed by atoms with Crippen molar-refractivity contribution < 1.29 is 5.11 Å². The summed E-state index contributed by atoms with van der Waals surface area (Å²) in [5.41, 5.74) is 5.35. The smallest absolute Gasteiger partial charge is 0.148 e. The summed E-state index contributed by atoms with van der Waals surface area (Å²) < 4.78 is 1.72. The minimum Gasteiger partial charge on any atom is -0.394 e. The number of nitrogens with zero attached hydrogens (tertiary/aromatic N) is 3.